The molecule has 0 unspecified atom stereocenters. The molecule has 0 saturated carbocycles. The van der Waals surface area contributed by atoms with Gasteiger partial charge in [-0.05, 0) is 36.6 Å². The van der Waals surface area contributed by atoms with Crippen LogP contribution >= 0.6 is 0 Å². The molecule has 23 heavy (non-hydrogen) atoms. The van der Waals surface area contributed by atoms with Crippen molar-refractivity contribution in [3.05, 3.63) is 29.3 Å². The van der Waals surface area contributed by atoms with Gasteiger partial charge in [0.25, 0.3) is 5.91 Å². The van der Waals surface area contributed by atoms with Gasteiger partial charge in [-0.1, -0.05) is 6.07 Å². The predicted octanol–water partition coefficient (Wildman–Crippen LogP) is 0.743. The fourth-order valence-electron chi connectivity index (χ4n) is 2.27. The van der Waals surface area contributed by atoms with Crippen LogP contribution in [-0.4, -0.2) is 46.6 Å². The molecule has 1 aromatic carbocycles. The Kier molecular flexibility index (Phi) is 5.20. The number of nitriles is 1. The Hall–Kier alpha value is -3.01. The molecule has 120 valence electrons. The first-order chi connectivity index (χ1) is 11.0. The predicted molar refractivity (Wildman–Crippen MR) is 82.2 cm³/mol. The highest BCUT2D eigenvalue weighted by Gasteiger charge is 2.19. The zero-order valence-corrected chi connectivity index (χ0v) is 12.5. The highest BCUT2D eigenvalue weighted by Crippen LogP contribution is 2.25. The van der Waals surface area contributed by atoms with Crippen LogP contribution in [0, 0.1) is 11.3 Å². The number of rotatable bonds is 4. The summed E-state index contributed by atoms with van der Waals surface area (Å²) in [4.78, 5) is 25.5. The summed E-state index contributed by atoms with van der Waals surface area (Å²) in [5.74, 6) is -1.47. The largest absolute Gasteiger partial charge is 0.504 e. The highest BCUT2D eigenvalue weighted by atomic mass is 16.3. The number of nitrogens with one attached hydrogen (secondary N) is 1. The third kappa shape index (κ3) is 4.23. The standard InChI is InChI=1S/C16H17N3O4/c17-9-12(7-11-3-4-13(20)14(21)8-11)16(23)18-10-15(22)19-5-1-2-6-19/h3-4,7-8,20-21H,1-2,5-6,10H2,(H,18,23)/b12-7+. The smallest absolute Gasteiger partial charge is 0.262 e. The number of phenols is 2. The topological polar surface area (TPSA) is 114 Å². The van der Waals surface area contributed by atoms with Crippen molar-refractivity contribution >= 4 is 17.9 Å². The quantitative estimate of drug-likeness (QED) is 0.431. The molecule has 7 heteroatoms. The normalized spacial score (nSPS) is 14.4. The molecule has 0 radical (unpaired) electrons. The summed E-state index contributed by atoms with van der Waals surface area (Å²) in [6.45, 7) is 1.24. The highest BCUT2D eigenvalue weighted by molar-refractivity contribution is 6.03. The molecule has 0 bridgehead atoms. The van der Waals surface area contributed by atoms with E-state index in [0.29, 0.717) is 18.7 Å². The van der Waals surface area contributed by atoms with Crippen LogP contribution in [0.1, 0.15) is 18.4 Å². The number of amides is 2. The minimum atomic E-state index is -0.660. The van der Waals surface area contributed by atoms with Crippen molar-refractivity contribution in [3.8, 4) is 17.6 Å². The van der Waals surface area contributed by atoms with Crippen LogP contribution in [0.5, 0.6) is 11.5 Å². The van der Waals surface area contributed by atoms with Gasteiger partial charge in [-0.3, -0.25) is 9.59 Å². The Morgan fingerprint density at radius 3 is 2.57 bits per heavy atom. The van der Waals surface area contributed by atoms with Gasteiger partial charge in [0.05, 0.1) is 6.54 Å². The number of carbonyl (C=O) groups is 2. The lowest BCUT2D eigenvalue weighted by Crippen LogP contribution is -2.39. The maximum atomic E-state index is 12.0. The van der Waals surface area contributed by atoms with E-state index in [1.165, 1.54) is 24.3 Å². The van der Waals surface area contributed by atoms with Crippen LogP contribution in [0.3, 0.4) is 0 Å². The van der Waals surface area contributed by atoms with Crippen molar-refractivity contribution in [3.63, 3.8) is 0 Å². The first-order valence-electron chi connectivity index (χ1n) is 7.21. The first-order valence-corrected chi connectivity index (χ1v) is 7.21. The average Bonchev–Trinajstić information content (AvgIpc) is 3.07. The number of phenolic OH excluding ortho intramolecular Hbond substituents is 2. The summed E-state index contributed by atoms with van der Waals surface area (Å²) >= 11 is 0. The lowest BCUT2D eigenvalue weighted by atomic mass is 10.1. The van der Waals surface area contributed by atoms with Crippen molar-refractivity contribution in [1.82, 2.24) is 10.2 Å². The number of carbonyl (C=O) groups excluding carboxylic acids is 2. The Labute approximate surface area is 133 Å². The molecule has 0 aliphatic carbocycles. The lowest BCUT2D eigenvalue weighted by Gasteiger charge is -2.15. The second-order valence-electron chi connectivity index (χ2n) is 5.19. The zero-order valence-electron chi connectivity index (χ0n) is 12.5. The van der Waals surface area contributed by atoms with Crippen molar-refractivity contribution in [1.29, 1.82) is 5.26 Å². The molecule has 0 atom stereocenters. The number of aromatic hydroxyl groups is 2. The molecule has 1 fully saturated rings. The van der Waals surface area contributed by atoms with E-state index in [2.05, 4.69) is 5.32 Å². The van der Waals surface area contributed by atoms with Gasteiger partial charge in [0.1, 0.15) is 11.6 Å². The second kappa shape index (κ2) is 7.31. The van der Waals surface area contributed by atoms with Crippen LogP contribution in [0.15, 0.2) is 23.8 Å². The number of hydrogen-bond acceptors (Lipinski definition) is 5. The molecule has 1 aliphatic heterocycles. The van der Waals surface area contributed by atoms with Gasteiger partial charge < -0.3 is 20.4 Å². The van der Waals surface area contributed by atoms with Gasteiger partial charge in [-0.15, -0.1) is 0 Å². The van der Waals surface area contributed by atoms with E-state index in [9.17, 15) is 19.8 Å². The van der Waals surface area contributed by atoms with Gasteiger partial charge >= 0.3 is 0 Å². The molecule has 0 spiro atoms. The Morgan fingerprint density at radius 2 is 1.96 bits per heavy atom. The van der Waals surface area contributed by atoms with Crippen molar-refractivity contribution in [2.75, 3.05) is 19.6 Å². The second-order valence-corrected chi connectivity index (χ2v) is 5.19. The molecule has 3 N–H and O–H groups in total. The Balaban J connectivity index is 2.00. The van der Waals surface area contributed by atoms with E-state index in [1.54, 1.807) is 11.0 Å². The van der Waals surface area contributed by atoms with E-state index in [1.807, 2.05) is 0 Å². The SMILES string of the molecule is N#C/C(=C\c1ccc(O)c(O)c1)C(=O)NCC(=O)N1CCCC1. The third-order valence-corrected chi connectivity index (χ3v) is 3.53. The van der Waals surface area contributed by atoms with Crippen LogP contribution in [0.25, 0.3) is 6.08 Å². The first kappa shape index (κ1) is 16.4. The minimum absolute atomic E-state index is 0.154. The number of benzene rings is 1. The van der Waals surface area contributed by atoms with E-state index in [-0.39, 0.29) is 29.5 Å². The molecule has 1 heterocycles. The van der Waals surface area contributed by atoms with Gasteiger partial charge in [0, 0.05) is 13.1 Å². The van der Waals surface area contributed by atoms with Crippen molar-refractivity contribution < 1.29 is 19.8 Å². The Bertz CT molecular complexity index is 685. The number of nitrogens with zero attached hydrogens (tertiary/aromatic N) is 2. The molecule has 1 saturated heterocycles. The monoisotopic (exact) mass is 315 g/mol. The minimum Gasteiger partial charge on any atom is -0.504 e. The summed E-state index contributed by atoms with van der Waals surface area (Å²) in [6, 6.07) is 5.70. The molecule has 0 aromatic heterocycles. The maximum absolute atomic E-state index is 12.0. The molecular formula is C16H17N3O4. The molecule has 2 amide bonds. The van der Waals surface area contributed by atoms with Crippen LogP contribution in [-0.2, 0) is 9.59 Å². The van der Waals surface area contributed by atoms with Gasteiger partial charge in [-0.2, -0.15) is 5.26 Å². The fraction of sp³-hybridized carbons (Fsp3) is 0.312. The van der Waals surface area contributed by atoms with Gasteiger partial charge in [0.15, 0.2) is 11.5 Å². The van der Waals surface area contributed by atoms with E-state index >= 15 is 0 Å². The zero-order chi connectivity index (χ0) is 16.8. The number of likely N-dealkylation sites (tertiary alicyclic amines) is 1. The summed E-state index contributed by atoms with van der Waals surface area (Å²) in [5, 5.41) is 30.1. The fourth-order valence-corrected chi connectivity index (χ4v) is 2.27. The van der Waals surface area contributed by atoms with Gasteiger partial charge in [-0.25, -0.2) is 0 Å². The Morgan fingerprint density at radius 1 is 1.26 bits per heavy atom. The third-order valence-electron chi connectivity index (χ3n) is 3.53. The van der Waals surface area contributed by atoms with Crippen molar-refractivity contribution in [2.24, 2.45) is 0 Å². The van der Waals surface area contributed by atoms with E-state index in [0.717, 1.165) is 12.8 Å². The maximum Gasteiger partial charge on any atom is 0.262 e. The van der Waals surface area contributed by atoms with E-state index in [4.69, 9.17) is 5.26 Å². The van der Waals surface area contributed by atoms with E-state index < -0.39 is 5.91 Å². The molecular weight excluding hydrogens is 298 g/mol. The lowest BCUT2D eigenvalue weighted by molar-refractivity contribution is -0.131. The van der Waals surface area contributed by atoms with Crippen LogP contribution in [0.2, 0.25) is 0 Å². The van der Waals surface area contributed by atoms with Crippen LogP contribution < -0.4 is 5.32 Å². The summed E-state index contributed by atoms with van der Waals surface area (Å²) in [5.41, 5.74) is 0.196. The summed E-state index contributed by atoms with van der Waals surface area (Å²) < 4.78 is 0. The van der Waals surface area contributed by atoms with Crippen LogP contribution in [0.4, 0.5) is 0 Å². The molecule has 1 aromatic rings. The molecule has 1 aliphatic rings. The van der Waals surface area contributed by atoms with Gasteiger partial charge in [0.2, 0.25) is 5.91 Å². The van der Waals surface area contributed by atoms with Crippen molar-refractivity contribution in [2.45, 2.75) is 12.8 Å². The summed E-state index contributed by atoms with van der Waals surface area (Å²) in [6.07, 6.45) is 3.20. The number of hydrogen-bond donors (Lipinski definition) is 3. The molecule has 7 nitrogen and oxygen atoms in total. The molecule has 2 rings (SSSR count). The summed E-state index contributed by atoms with van der Waals surface area (Å²) in [7, 11) is 0. The average molecular weight is 315 g/mol.